The minimum atomic E-state index is -1.29. The van der Waals surface area contributed by atoms with Crippen LogP contribution in [-0.4, -0.2) is 56.2 Å². The zero-order valence-corrected chi connectivity index (χ0v) is 22.2. The van der Waals surface area contributed by atoms with Crippen molar-refractivity contribution in [2.24, 2.45) is 0 Å². The van der Waals surface area contributed by atoms with Gasteiger partial charge in [-0.2, -0.15) is 5.10 Å². The van der Waals surface area contributed by atoms with Crippen LogP contribution in [-0.2, 0) is 9.53 Å². The van der Waals surface area contributed by atoms with Crippen LogP contribution in [0.1, 0.15) is 58.0 Å². The third-order valence-corrected chi connectivity index (χ3v) is 7.13. The van der Waals surface area contributed by atoms with E-state index >= 15 is 0 Å². The van der Waals surface area contributed by atoms with Gasteiger partial charge in [0.2, 0.25) is 0 Å². The summed E-state index contributed by atoms with van der Waals surface area (Å²) in [5.74, 6) is -1.94. The number of nitrogens with zero attached hydrogens (tertiary/aromatic N) is 4. The van der Waals surface area contributed by atoms with Crippen molar-refractivity contribution in [2.75, 3.05) is 11.9 Å². The van der Waals surface area contributed by atoms with Gasteiger partial charge in [0.05, 0.1) is 22.8 Å². The van der Waals surface area contributed by atoms with E-state index in [0.717, 1.165) is 21.9 Å². The molecule has 2 unspecified atom stereocenters. The monoisotopic (exact) mass is 539 g/mol. The molecule has 204 valence electrons. The molecule has 0 radical (unpaired) electrons. The van der Waals surface area contributed by atoms with Gasteiger partial charge >= 0.3 is 12.1 Å². The topological polar surface area (TPSA) is 116 Å². The first-order valence-electron chi connectivity index (χ1n) is 12.2. The lowest BCUT2D eigenvalue weighted by Crippen LogP contribution is -2.50. The van der Waals surface area contributed by atoms with Crippen LogP contribution in [0.2, 0.25) is 0 Å². The summed E-state index contributed by atoms with van der Waals surface area (Å²) < 4.78 is 34.6. The fraction of sp³-hybridized carbons (Fsp3) is 0.370. The highest BCUT2D eigenvalue weighted by Crippen LogP contribution is 2.51. The molecule has 3 aromatic rings. The predicted octanol–water partition coefficient (Wildman–Crippen LogP) is 4.41. The van der Waals surface area contributed by atoms with Crippen molar-refractivity contribution in [2.45, 2.75) is 57.8 Å². The van der Waals surface area contributed by atoms with Crippen LogP contribution in [0, 0.1) is 11.6 Å². The van der Waals surface area contributed by atoms with Gasteiger partial charge in [0, 0.05) is 12.4 Å². The number of halogens is 2. The molecule has 0 saturated carbocycles. The molecule has 1 fully saturated rings. The second kappa shape index (κ2) is 8.58. The summed E-state index contributed by atoms with van der Waals surface area (Å²) in [6, 6.07) is 4.02. The number of anilines is 1. The highest BCUT2D eigenvalue weighted by Gasteiger charge is 2.57. The van der Waals surface area contributed by atoms with Gasteiger partial charge in [-0.25, -0.2) is 23.5 Å². The van der Waals surface area contributed by atoms with Crippen LogP contribution >= 0.6 is 0 Å². The molecule has 5 rings (SSSR count). The van der Waals surface area contributed by atoms with Gasteiger partial charge in [-0.3, -0.25) is 19.4 Å². The summed E-state index contributed by atoms with van der Waals surface area (Å²) in [6.45, 7) is 8.09. The molecular formula is C27H27F2N5O5. The number of hydrogen-bond donors (Lipinski definition) is 1. The van der Waals surface area contributed by atoms with Gasteiger partial charge in [0.15, 0.2) is 0 Å². The maximum atomic E-state index is 14.9. The van der Waals surface area contributed by atoms with E-state index in [9.17, 15) is 28.0 Å². The number of aromatic nitrogens is 2. The van der Waals surface area contributed by atoms with E-state index in [-0.39, 0.29) is 22.2 Å². The molecule has 2 atom stereocenters. The van der Waals surface area contributed by atoms with E-state index in [1.807, 2.05) is 0 Å². The average molecular weight is 540 g/mol. The number of rotatable bonds is 2. The summed E-state index contributed by atoms with van der Waals surface area (Å²) in [6.07, 6.45) is -0.925. The third-order valence-electron chi connectivity index (χ3n) is 7.13. The number of imide groups is 1. The van der Waals surface area contributed by atoms with Crippen molar-refractivity contribution >= 4 is 34.5 Å². The van der Waals surface area contributed by atoms with Gasteiger partial charge in [0.25, 0.3) is 11.5 Å². The number of carbonyl (C=O) groups excluding carboxylic acids is 3. The van der Waals surface area contributed by atoms with Crippen LogP contribution in [0.25, 0.3) is 10.8 Å². The van der Waals surface area contributed by atoms with Gasteiger partial charge < -0.3 is 9.64 Å². The van der Waals surface area contributed by atoms with E-state index in [4.69, 9.17) is 4.74 Å². The molecule has 3 heterocycles. The van der Waals surface area contributed by atoms with Gasteiger partial charge in [-0.05, 0) is 64.4 Å². The molecule has 0 spiro atoms. The quantitative estimate of drug-likeness (QED) is 0.483. The smallest absolute Gasteiger partial charge is 0.415 e. The number of hydrogen-bond acceptors (Lipinski definition) is 6. The maximum absolute atomic E-state index is 14.9. The minimum Gasteiger partial charge on any atom is -0.443 e. The van der Waals surface area contributed by atoms with Crippen molar-refractivity contribution in [3.05, 3.63) is 69.6 Å². The molecule has 10 nitrogen and oxygen atoms in total. The Kier molecular flexibility index (Phi) is 5.78. The number of ether oxygens (including phenoxy) is 1. The van der Waals surface area contributed by atoms with Gasteiger partial charge in [-0.15, -0.1) is 0 Å². The molecule has 2 aromatic carbocycles. The van der Waals surface area contributed by atoms with E-state index in [1.165, 1.54) is 36.2 Å². The van der Waals surface area contributed by atoms with Crippen molar-refractivity contribution in [3.63, 3.8) is 0 Å². The maximum Gasteiger partial charge on any atom is 0.415 e. The SMILES string of the molecule is CN1C(=O)N(C2c3n[nH]c(=O)c4cc(F)cc(c34)N(C(=O)OC(C)(C)C)C2c2ccc(F)cc2)C(=O)C1(C)C. The number of urea groups is 1. The number of carbonyl (C=O) groups is 3. The standard InChI is InChI=1S/C27H27F2N5O5/c1-26(2,3)39-25(38)33-17-12-15(29)11-16-18(17)19(30-31-22(16)35)21(20(33)13-7-9-14(28)10-8-13)34-23(36)27(4,5)32(6)24(34)37/h7-12,20-21H,1-6H3,(H,31,35). The van der Waals surface area contributed by atoms with Crippen molar-refractivity contribution in [1.82, 2.24) is 20.0 Å². The Bertz CT molecular complexity index is 1600. The van der Waals surface area contributed by atoms with Crippen molar-refractivity contribution in [1.29, 1.82) is 0 Å². The first kappa shape index (κ1) is 26.3. The largest absolute Gasteiger partial charge is 0.443 e. The second-order valence-electron chi connectivity index (χ2n) is 11.2. The Balaban J connectivity index is 1.89. The molecule has 0 bridgehead atoms. The molecule has 1 aromatic heterocycles. The predicted molar refractivity (Wildman–Crippen MR) is 137 cm³/mol. The molecule has 2 aliphatic heterocycles. The summed E-state index contributed by atoms with van der Waals surface area (Å²) in [5.41, 5.74) is -2.61. The lowest BCUT2D eigenvalue weighted by Gasteiger charge is -2.44. The van der Waals surface area contributed by atoms with Crippen LogP contribution in [0.3, 0.4) is 0 Å². The molecule has 1 N–H and O–H groups in total. The zero-order chi connectivity index (χ0) is 28.6. The van der Waals surface area contributed by atoms with Crippen molar-refractivity contribution < 1.29 is 27.9 Å². The number of H-pyrrole nitrogens is 1. The second-order valence-corrected chi connectivity index (χ2v) is 11.2. The third kappa shape index (κ3) is 4.01. The summed E-state index contributed by atoms with van der Waals surface area (Å²) >= 11 is 0. The lowest BCUT2D eigenvalue weighted by atomic mass is 9.86. The van der Waals surface area contributed by atoms with E-state index < -0.39 is 58.4 Å². The molecule has 4 amide bonds. The Morgan fingerprint density at radius 2 is 1.67 bits per heavy atom. The van der Waals surface area contributed by atoms with Gasteiger partial charge in [0.1, 0.15) is 28.8 Å². The number of amides is 4. The van der Waals surface area contributed by atoms with E-state index in [1.54, 1.807) is 34.6 Å². The zero-order valence-electron chi connectivity index (χ0n) is 22.2. The lowest BCUT2D eigenvalue weighted by molar-refractivity contribution is -0.133. The first-order chi connectivity index (χ1) is 18.1. The van der Waals surface area contributed by atoms with Gasteiger partial charge in [-0.1, -0.05) is 12.1 Å². The number of nitrogens with one attached hydrogen (secondary N) is 1. The Labute approximate surface area is 222 Å². The normalized spacial score (nSPS) is 20.7. The highest BCUT2D eigenvalue weighted by atomic mass is 19.1. The summed E-state index contributed by atoms with van der Waals surface area (Å²) in [4.78, 5) is 57.3. The number of benzene rings is 2. The minimum absolute atomic E-state index is 0.0369. The average Bonchev–Trinajstić information content (AvgIpc) is 2.99. The van der Waals surface area contributed by atoms with Crippen LogP contribution < -0.4 is 10.5 Å². The highest BCUT2D eigenvalue weighted by molar-refractivity contribution is 6.09. The Hall–Kier alpha value is -4.35. The number of aromatic amines is 1. The fourth-order valence-corrected chi connectivity index (χ4v) is 5.06. The van der Waals surface area contributed by atoms with E-state index in [0.29, 0.717) is 5.56 Å². The molecular weight excluding hydrogens is 512 g/mol. The summed E-state index contributed by atoms with van der Waals surface area (Å²) in [7, 11) is 1.47. The Morgan fingerprint density at radius 1 is 1.03 bits per heavy atom. The molecule has 1 saturated heterocycles. The van der Waals surface area contributed by atoms with Crippen LogP contribution in [0.4, 0.5) is 24.1 Å². The molecule has 0 aliphatic carbocycles. The molecule has 2 aliphatic rings. The summed E-state index contributed by atoms with van der Waals surface area (Å²) in [5, 5.41) is 6.51. The number of likely N-dealkylation sites (N-methyl/N-ethyl adjacent to an activating group) is 1. The first-order valence-corrected chi connectivity index (χ1v) is 12.2. The Morgan fingerprint density at radius 3 is 2.23 bits per heavy atom. The molecule has 39 heavy (non-hydrogen) atoms. The van der Waals surface area contributed by atoms with E-state index in [2.05, 4.69) is 10.2 Å². The van der Waals surface area contributed by atoms with Crippen LogP contribution in [0.5, 0.6) is 0 Å². The van der Waals surface area contributed by atoms with Crippen LogP contribution in [0.15, 0.2) is 41.2 Å². The van der Waals surface area contributed by atoms with Crippen molar-refractivity contribution in [3.8, 4) is 0 Å². The molecule has 12 heteroatoms. The fourth-order valence-electron chi connectivity index (χ4n) is 5.06.